The van der Waals surface area contributed by atoms with Crippen LogP contribution in [0, 0.1) is 6.92 Å². The third kappa shape index (κ3) is 4.42. The Morgan fingerprint density at radius 1 is 0.935 bits per heavy atom. The molecular formula is C26H31N3O2. The average Bonchev–Trinajstić information content (AvgIpc) is 3.03. The first-order valence-electron chi connectivity index (χ1n) is 11.1. The fourth-order valence-electron chi connectivity index (χ4n) is 4.52. The molecule has 2 aliphatic heterocycles. The van der Waals surface area contributed by atoms with Crippen LogP contribution in [0.15, 0.2) is 60.3 Å². The maximum atomic E-state index is 13.5. The van der Waals surface area contributed by atoms with Crippen LogP contribution in [0.25, 0.3) is 5.57 Å². The van der Waals surface area contributed by atoms with Gasteiger partial charge >= 0.3 is 0 Å². The standard InChI is InChI=1S/C26H31N3O2/c1-19-9-11-21(12-10-19)23-24(28(3)22-14-16-27(2)17-15-22)26(31)29(25(23)30)18-13-20-7-5-4-6-8-20/h4-12,22H,13-18H2,1-3H3. The number of likely N-dealkylation sites (tertiary alicyclic amines) is 1. The minimum Gasteiger partial charge on any atom is -0.366 e. The monoisotopic (exact) mass is 417 g/mol. The van der Waals surface area contributed by atoms with Crippen molar-refractivity contribution in [1.29, 1.82) is 0 Å². The number of aryl methyl sites for hydroxylation is 1. The third-order valence-electron chi connectivity index (χ3n) is 6.54. The van der Waals surface area contributed by atoms with E-state index in [1.54, 1.807) is 0 Å². The molecule has 2 aromatic rings. The molecule has 1 saturated heterocycles. The summed E-state index contributed by atoms with van der Waals surface area (Å²) >= 11 is 0. The van der Waals surface area contributed by atoms with Gasteiger partial charge in [-0.2, -0.15) is 0 Å². The Bertz CT molecular complexity index is 973. The summed E-state index contributed by atoms with van der Waals surface area (Å²) in [5.74, 6) is -0.350. The number of rotatable bonds is 6. The number of hydrogen-bond acceptors (Lipinski definition) is 4. The topological polar surface area (TPSA) is 43.9 Å². The van der Waals surface area contributed by atoms with Gasteiger partial charge in [0.25, 0.3) is 11.8 Å². The van der Waals surface area contributed by atoms with Crippen LogP contribution in [-0.2, 0) is 16.0 Å². The van der Waals surface area contributed by atoms with Crippen molar-refractivity contribution < 1.29 is 9.59 Å². The summed E-state index contributed by atoms with van der Waals surface area (Å²) < 4.78 is 0. The second kappa shape index (κ2) is 9.06. The Morgan fingerprint density at radius 2 is 1.58 bits per heavy atom. The molecule has 0 spiro atoms. The Balaban J connectivity index is 1.64. The van der Waals surface area contributed by atoms with Crippen LogP contribution in [-0.4, -0.2) is 66.3 Å². The molecular weight excluding hydrogens is 386 g/mol. The zero-order chi connectivity index (χ0) is 22.0. The summed E-state index contributed by atoms with van der Waals surface area (Å²) in [6.07, 6.45) is 2.64. The predicted molar refractivity (Wildman–Crippen MR) is 123 cm³/mol. The van der Waals surface area contributed by atoms with Gasteiger partial charge in [-0.15, -0.1) is 0 Å². The van der Waals surface area contributed by atoms with Gasteiger partial charge in [-0.05, 0) is 57.5 Å². The smallest absolute Gasteiger partial charge is 0.277 e. The van der Waals surface area contributed by atoms with E-state index >= 15 is 0 Å². The van der Waals surface area contributed by atoms with Gasteiger partial charge in [0.05, 0.1) is 5.57 Å². The Morgan fingerprint density at radius 3 is 2.23 bits per heavy atom. The van der Waals surface area contributed by atoms with Gasteiger partial charge in [-0.25, -0.2) is 0 Å². The van der Waals surface area contributed by atoms with Crippen LogP contribution >= 0.6 is 0 Å². The first-order valence-corrected chi connectivity index (χ1v) is 11.1. The van der Waals surface area contributed by atoms with Crippen molar-refractivity contribution in [3.8, 4) is 0 Å². The van der Waals surface area contributed by atoms with Gasteiger partial charge in [0, 0.05) is 19.6 Å². The number of piperidine rings is 1. The molecule has 0 unspecified atom stereocenters. The number of imide groups is 1. The maximum absolute atomic E-state index is 13.5. The van der Waals surface area contributed by atoms with E-state index in [9.17, 15) is 9.59 Å². The van der Waals surface area contributed by atoms with Crippen LogP contribution in [0.3, 0.4) is 0 Å². The predicted octanol–water partition coefficient (Wildman–Crippen LogP) is 3.34. The number of nitrogens with zero attached hydrogens (tertiary/aromatic N) is 3. The fraction of sp³-hybridized carbons (Fsp3) is 0.385. The van der Waals surface area contributed by atoms with Crippen molar-refractivity contribution in [3.63, 3.8) is 0 Å². The average molecular weight is 418 g/mol. The zero-order valence-electron chi connectivity index (χ0n) is 18.7. The van der Waals surface area contributed by atoms with Crippen molar-refractivity contribution in [2.45, 2.75) is 32.2 Å². The van der Waals surface area contributed by atoms with Gasteiger partial charge in [-0.1, -0.05) is 60.2 Å². The van der Waals surface area contributed by atoms with E-state index in [1.807, 2.05) is 68.6 Å². The van der Waals surface area contributed by atoms with Gasteiger partial charge < -0.3 is 9.80 Å². The molecule has 0 N–H and O–H groups in total. The summed E-state index contributed by atoms with van der Waals surface area (Å²) in [5, 5.41) is 0. The minimum atomic E-state index is -0.181. The highest BCUT2D eigenvalue weighted by atomic mass is 16.2. The Hall–Kier alpha value is -2.92. The van der Waals surface area contributed by atoms with E-state index < -0.39 is 0 Å². The maximum Gasteiger partial charge on any atom is 0.277 e. The fourth-order valence-corrected chi connectivity index (χ4v) is 4.52. The van der Waals surface area contributed by atoms with E-state index in [2.05, 4.69) is 16.8 Å². The first kappa shape index (κ1) is 21.3. The molecule has 2 aromatic carbocycles. The van der Waals surface area contributed by atoms with Crippen LogP contribution < -0.4 is 0 Å². The SMILES string of the molecule is Cc1ccc(C2=C(N(C)C3CCN(C)CC3)C(=O)N(CCc3ccccc3)C2=O)cc1. The molecule has 0 bridgehead atoms. The highest BCUT2D eigenvalue weighted by Crippen LogP contribution is 2.33. The van der Waals surface area contributed by atoms with E-state index in [1.165, 1.54) is 4.90 Å². The number of amides is 2. The first-order chi connectivity index (χ1) is 15.0. The van der Waals surface area contributed by atoms with Crippen LogP contribution in [0.4, 0.5) is 0 Å². The molecule has 2 amide bonds. The molecule has 5 heteroatoms. The molecule has 4 rings (SSSR count). The number of likely N-dealkylation sites (N-methyl/N-ethyl adjacent to an activating group) is 1. The van der Waals surface area contributed by atoms with E-state index in [0.29, 0.717) is 24.2 Å². The van der Waals surface area contributed by atoms with Gasteiger partial charge in [0.2, 0.25) is 0 Å². The number of hydrogen-bond donors (Lipinski definition) is 0. The lowest BCUT2D eigenvalue weighted by Crippen LogP contribution is -2.43. The molecule has 0 aliphatic carbocycles. The molecule has 0 saturated carbocycles. The van der Waals surface area contributed by atoms with Crippen LogP contribution in [0.1, 0.15) is 29.5 Å². The second-order valence-corrected chi connectivity index (χ2v) is 8.73. The summed E-state index contributed by atoms with van der Waals surface area (Å²) in [4.78, 5) is 32.8. The molecule has 31 heavy (non-hydrogen) atoms. The largest absolute Gasteiger partial charge is 0.366 e. The van der Waals surface area contributed by atoms with Gasteiger partial charge in [-0.3, -0.25) is 14.5 Å². The molecule has 0 atom stereocenters. The highest BCUT2D eigenvalue weighted by molar-refractivity contribution is 6.35. The van der Waals surface area contributed by atoms with Crippen molar-refractivity contribution in [1.82, 2.24) is 14.7 Å². The normalized spacial score (nSPS) is 18.2. The molecule has 162 valence electrons. The quantitative estimate of drug-likeness (QED) is 0.676. The summed E-state index contributed by atoms with van der Waals surface area (Å²) in [6, 6.07) is 18.2. The molecule has 2 aliphatic rings. The Labute approximate surface area is 184 Å². The molecule has 0 aromatic heterocycles. The molecule has 5 nitrogen and oxygen atoms in total. The number of carbonyl (C=O) groups excluding carboxylic acids is 2. The van der Waals surface area contributed by atoms with E-state index in [-0.39, 0.29) is 17.9 Å². The van der Waals surface area contributed by atoms with Crippen molar-refractivity contribution >= 4 is 17.4 Å². The zero-order valence-corrected chi connectivity index (χ0v) is 18.7. The second-order valence-electron chi connectivity index (χ2n) is 8.73. The molecule has 1 fully saturated rings. The van der Waals surface area contributed by atoms with Crippen molar-refractivity contribution in [3.05, 3.63) is 77.0 Å². The lowest BCUT2D eigenvalue weighted by Gasteiger charge is -2.36. The lowest BCUT2D eigenvalue weighted by molar-refractivity contribution is -0.137. The molecule has 2 heterocycles. The molecule has 0 radical (unpaired) electrons. The van der Waals surface area contributed by atoms with Crippen molar-refractivity contribution in [2.75, 3.05) is 33.7 Å². The van der Waals surface area contributed by atoms with Crippen LogP contribution in [0.5, 0.6) is 0 Å². The minimum absolute atomic E-state index is 0.169. The number of carbonyl (C=O) groups is 2. The van der Waals surface area contributed by atoms with Gasteiger partial charge in [0.15, 0.2) is 0 Å². The third-order valence-corrected chi connectivity index (χ3v) is 6.54. The number of benzene rings is 2. The lowest BCUT2D eigenvalue weighted by atomic mass is 9.99. The highest BCUT2D eigenvalue weighted by Gasteiger charge is 2.42. The van der Waals surface area contributed by atoms with Gasteiger partial charge in [0.1, 0.15) is 5.70 Å². The van der Waals surface area contributed by atoms with Crippen LogP contribution in [0.2, 0.25) is 0 Å². The van der Waals surface area contributed by atoms with Crippen molar-refractivity contribution in [2.24, 2.45) is 0 Å². The van der Waals surface area contributed by atoms with E-state index in [0.717, 1.165) is 42.6 Å². The van der Waals surface area contributed by atoms with E-state index in [4.69, 9.17) is 0 Å². The summed E-state index contributed by atoms with van der Waals surface area (Å²) in [6.45, 7) is 4.42. The Kier molecular flexibility index (Phi) is 6.23. The summed E-state index contributed by atoms with van der Waals surface area (Å²) in [5.41, 5.74) is 4.17. The summed E-state index contributed by atoms with van der Waals surface area (Å²) in [7, 11) is 4.11.